The predicted octanol–water partition coefficient (Wildman–Crippen LogP) is 5.65. The number of rotatable bonds is 7. The average Bonchev–Trinajstić information content (AvgIpc) is 3.25. The van der Waals surface area contributed by atoms with Crippen molar-refractivity contribution in [1.82, 2.24) is 4.90 Å². The van der Waals surface area contributed by atoms with Gasteiger partial charge in [-0.05, 0) is 47.9 Å². The highest BCUT2D eigenvalue weighted by Crippen LogP contribution is 2.37. The molecule has 0 bridgehead atoms. The van der Waals surface area contributed by atoms with Gasteiger partial charge in [-0.15, -0.1) is 23.7 Å². The molecule has 1 aromatic heterocycles. The molecule has 0 spiro atoms. The van der Waals surface area contributed by atoms with Gasteiger partial charge in [-0.3, -0.25) is 14.4 Å². The number of fused-ring (bicyclic) bond motifs is 1. The van der Waals surface area contributed by atoms with E-state index in [2.05, 4.69) is 33.1 Å². The molecule has 10 heteroatoms. The fourth-order valence-electron chi connectivity index (χ4n) is 4.35. The van der Waals surface area contributed by atoms with Gasteiger partial charge in [0.2, 0.25) is 0 Å². The van der Waals surface area contributed by atoms with E-state index in [0.717, 1.165) is 36.5 Å². The standard InChI is InChI=1S/C28H24N4O3S2.ClH/c29-17-25-24-14-15-32(18-20-8-3-1-4-9-20)19-26(24)36-28(25)30-27(33)21-10-7-11-22(16-21)31-37(34,35)23-12-5-2-6-13-23;/h1-13,16,31H,14-15,18-19H2,(H,30,33);1H. The number of nitrogens with one attached hydrogen (secondary N) is 2. The molecule has 0 saturated carbocycles. The second-order valence-electron chi connectivity index (χ2n) is 8.72. The summed E-state index contributed by atoms with van der Waals surface area (Å²) in [5.74, 6) is -0.406. The van der Waals surface area contributed by atoms with Crippen LogP contribution in [0.15, 0.2) is 89.8 Å². The number of hydrogen-bond acceptors (Lipinski definition) is 6. The lowest BCUT2D eigenvalue weighted by molar-refractivity contribution is 0.102. The SMILES string of the molecule is Cl.N#Cc1c(NC(=O)c2cccc(NS(=O)(=O)c3ccccc3)c2)sc2c1CCN(Cc1ccccc1)C2. The zero-order valence-electron chi connectivity index (χ0n) is 20.3. The van der Waals surface area contributed by atoms with Crippen molar-refractivity contribution in [2.45, 2.75) is 24.4 Å². The first-order chi connectivity index (χ1) is 17.9. The second kappa shape index (κ2) is 11.8. The highest BCUT2D eigenvalue weighted by molar-refractivity contribution is 7.92. The van der Waals surface area contributed by atoms with Crippen molar-refractivity contribution in [3.63, 3.8) is 0 Å². The molecule has 0 radical (unpaired) electrons. The Balaban J connectivity index is 0.00000336. The van der Waals surface area contributed by atoms with Crippen molar-refractivity contribution in [3.05, 3.63) is 112 Å². The van der Waals surface area contributed by atoms with E-state index in [9.17, 15) is 18.5 Å². The van der Waals surface area contributed by atoms with E-state index < -0.39 is 15.9 Å². The Morgan fingerprint density at radius 2 is 1.71 bits per heavy atom. The summed E-state index contributed by atoms with van der Waals surface area (Å²) in [5.41, 5.74) is 3.30. The van der Waals surface area contributed by atoms with Crippen LogP contribution in [0.4, 0.5) is 10.7 Å². The van der Waals surface area contributed by atoms with Crippen LogP contribution in [0.2, 0.25) is 0 Å². The van der Waals surface area contributed by atoms with Gasteiger partial charge >= 0.3 is 0 Å². The Hall–Kier alpha value is -3.68. The van der Waals surface area contributed by atoms with Crippen LogP contribution in [-0.2, 0) is 29.5 Å². The summed E-state index contributed by atoms with van der Waals surface area (Å²) in [4.78, 5) is 16.6. The van der Waals surface area contributed by atoms with Gasteiger partial charge in [0.15, 0.2) is 0 Å². The number of amides is 1. The quantitative estimate of drug-likeness (QED) is 0.302. The van der Waals surface area contributed by atoms with E-state index in [-0.39, 0.29) is 28.6 Å². The number of anilines is 2. The van der Waals surface area contributed by atoms with E-state index in [1.54, 1.807) is 36.4 Å². The van der Waals surface area contributed by atoms with Crippen molar-refractivity contribution in [2.75, 3.05) is 16.6 Å². The summed E-state index contributed by atoms with van der Waals surface area (Å²) in [6.07, 6.45) is 0.744. The molecule has 0 atom stereocenters. The lowest BCUT2D eigenvalue weighted by Gasteiger charge is -2.26. The molecule has 0 saturated heterocycles. The number of nitrogens with zero attached hydrogens (tertiary/aromatic N) is 2. The summed E-state index contributed by atoms with van der Waals surface area (Å²) >= 11 is 1.43. The predicted molar refractivity (Wildman–Crippen MR) is 152 cm³/mol. The number of halogens is 1. The Labute approximate surface area is 232 Å². The summed E-state index contributed by atoms with van der Waals surface area (Å²) < 4.78 is 27.8. The van der Waals surface area contributed by atoms with Crippen LogP contribution in [0, 0.1) is 11.3 Å². The van der Waals surface area contributed by atoms with E-state index in [4.69, 9.17) is 0 Å². The number of sulfonamides is 1. The maximum absolute atomic E-state index is 13.1. The van der Waals surface area contributed by atoms with Gasteiger partial charge in [0.25, 0.3) is 15.9 Å². The van der Waals surface area contributed by atoms with Crippen molar-refractivity contribution in [3.8, 4) is 6.07 Å². The Morgan fingerprint density at radius 3 is 2.42 bits per heavy atom. The molecule has 1 aliphatic heterocycles. The first-order valence-corrected chi connectivity index (χ1v) is 14.0. The highest BCUT2D eigenvalue weighted by atomic mass is 35.5. The number of carbonyl (C=O) groups is 1. The minimum absolute atomic E-state index is 0. The minimum Gasteiger partial charge on any atom is -0.312 e. The first-order valence-electron chi connectivity index (χ1n) is 11.7. The zero-order chi connectivity index (χ0) is 25.8. The van der Waals surface area contributed by atoms with Gasteiger partial charge in [-0.2, -0.15) is 5.26 Å². The van der Waals surface area contributed by atoms with E-state index in [0.29, 0.717) is 10.6 Å². The number of hydrogen-bond donors (Lipinski definition) is 2. The summed E-state index contributed by atoms with van der Waals surface area (Å²) in [6, 6.07) is 26.9. The molecule has 4 aromatic rings. The Bertz CT molecular complexity index is 1580. The van der Waals surface area contributed by atoms with Crippen LogP contribution in [0.1, 0.15) is 31.9 Å². The smallest absolute Gasteiger partial charge is 0.261 e. The molecular formula is C28H25ClN4O3S2. The topological polar surface area (TPSA) is 102 Å². The maximum atomic E-state index is 13.1. The molecule has 0 unspecified atom stereocenters. The lowest BCUT2D eigenvalue weighted by atomic mass is 10.0. The van der Waals surface area contributed by atoms with Crippen molar-refractivity contribution >= 4 is 50.4 Å². The van der Waals surface area contributed by atoms with E-state index >= 15 is 0 Å². The minimum atomic E-state index is -3.78. The molecule has 2 heterocycles. The van der Waals surface area contributed by atoms with Gasteiger partial charge in [0.05, 0.1) is 10.5 Å². The van der Waals surface area contributed by atoms with Crippen molar-refractivity contribution in [1.29, 1.82) is 5.26 Å². The third kappa shape index (κ3) is 6.06. The van der Waals surface area contributed by atoms with Gasteiger partial charge in [0, 0.05) is 35.8 Å². The molecule has 0 fully saturated rings. The third-order valence-electron chi connectivity index (χ3n) is 6.15. The molecule has 7 nitrogen and oxygen atoms in total. The summed E-state index contributed by atoms with van der Waals surface area (Å²) in [7, 11) is -3.78. The fraction of sp³-hybridized carbons (Fsp3) is 0.143. The maximum Gasteiger partial charge on any atom is 0.261 e. The lowest BCUT2D eigenvalue weighted by Crippen LogP contribution is -2.29. The molecule has 1 aliphatic rings. The van der Waals surface area contributed by atoms with Gasteiger partial charge in [0.1, 0.15) is 11.1 Å². The highest BCUT2D eigenvalue weighted by Gasteiger charge is 2.25. The first kappa shape index (κ1) is 27.4. The molecule has 38 heavy (non-hydrogen) atoms. The van der Waals surface area contributed by atoms with Crippen LogP contribution in [0.3, 0.4) is 0 Å². The Morgan fingerprint density at radius 1 is 1.00 bits per heavy atom. The molecule has 194 valence electrons. The molecule has 3 aromatic carbocycles. The zero-order valence-corrected chi connectivity index (χ0v) is 22.7. The molecule has 0 aliphatic carbocycles. The van der Waals surface area contributed by atoms with E-state index in [1.807, 2.05) is 18.2 Å². The van der Waals surface area contributed by atoms with Gasteiger partial charge < -0.3 is 5.32 Å². The van der Waals surface area contributed by atoms with Crippen LogP contribution >= 0.6 is 23.7 Å². The molecule has 5 rings (SSSR count). The van der Waals surface area contributed by atoms with Crippen LogP contribution in [0.25, 0.3) is 0 Å². The van der Waals surface area contributed by atoms with Crippen LogP contribution < -0.4 is 10.0 Å². The second-order valence-corrected chi connectivity index (χ2v) is 11.5. The fourth-order valence-corrected chi connectivity index (χ4v) is 6.66. The van der Waals surface area contributed by atoms with Crippen molar-refractivity contribution < 1.29 is 13.2 Å². The number of carbonyl (C=O) groups excluding carboxylic acids is 1. The molecule has 1 amide bonds. The average molecular weight is 565 g/mol. The number of nitriles is 1. The summed E-state index contributed by atoms with van der Waals surface area (Å²) in [6.45, 7) is 2.38. The van der Waals surface area contributed by atoms with Gasteiger partial charge in [-0.1, -0.05) is 54.6 Å². The summed E-state index contributed by atoms with van der Waals surface area (Å²) in [5, 5.41) is 13.2. The third-order valence-corrected chi connectivity index (χ3v) is 8.68. The molecule has 2 N–H and O–H groups in total. The number of benzene rings is 3. The monoisotopic (exact) mass is 564 g/mol. The number of thiophene rings is 1. The Kier molecular flexibility index (Phi) is 8.49. The van der Waals surface area contributed by atoms with Crippen LogP contribution in [-0.4, -0.2) is 25.8 Å². The molecular weight excluding hydrogens is 540 g/mol. The largest absolute Gasteiger partial charge is 0.312 e. The van der Waals surface area contributed by atoms with Gasteiger partial charge in [-0.25, -0.2) is 8.42 Å². The van der Waals surface area contributed by atoms with Crippen molar-refractivity contribution in [2.24, 2.45) is 0 Å². The van der Waals surface area contributed by atoms with E-state index in [1.165, 1.54) is 35.1 Å². The normalized spacial score (nSPS) is 13.0. The van der Waals surface area contributed by atoms with Crippen LogP contribution in [0.5, 0.6) is 0 Å².